The van der Waals surface area contributed by atoms with Gasteiger partial charge in [-0.05, 0) is 24.3 Å². The molecule has 1 aliphatic carbocycles. The molecular weight excluding hydrogens is 298 g/mol. The Morgan fingerprint density at radius 1 is 1.22 bits per heavy atom. The maximum absolute atomic E-state index is 12.5. The van der Waals surface area contributed by atoms with Gasteiger partial charge in [0.05, 0.1) is 7.11 Å². The molecule has 3 rings (SSSR count). The lowest BCUT2D eigenvalue weighted by molar-refractivity contribution is -0.0315. The number of fused-ring (bicyclic) bond motifs is 1. The van der Waals surface area contributed by atoms with E-state index in [9.17, 15) is 9.59 Å². The van der Waals surface area contributed by atoms with Crippen LogP contribution in [0.15, 0.2) is 30.3 Å². The number of nitrogens with zero attached hydrogens (tertiary/aromatic N) is 1. The quantitative estimate of drug-likeness (QED) is 0.800. The monoisotopic (exact) mass is 319 g/mol. The normalized spacial score (nSPS) is 25.8. The average Bonchev–Trinajstić information content (AvgIpc) is 3.14. The van der Waals surface area contributed by atoms with Crippen molar-refractivity contribution in [2.75, 3.05) is 7.11 Å². The fourth-order valence-corrected chi connectivity index (χ4v) is 3.56. The van der Waals surface area contributed by atoms with Crippen LogP contribution < -0.4 is 0 Å². The molecule has 1 aliphatic heterocycles. The molecule has 0 N–H and O–H groups in total. The van der Waals surface area contributed by atoms with E-state index in [0.717, 1.165) is 24.8 Å². The summed E-state index contributed by atoms with van der Waals surface area (Å²) in [6.45, 7) is 0.207. The molecule has 0 aromatic heterocycles. The van der Waals surface area contributed by atoms with Gasteiger partial charge in [0.2, 0.25) is 0 Å². The third kappa shape index (κ3) is 3.41. The van der Waals surface area contributed by atoms with Crippen molar-refractivity contribution in [3.8, 4) is 0 Å². The number of carbonyl (C=O) groups excluding carboxylic acids is 2. The Morgan fingerprint density at radius 3 is 2.74 bits per heavy atom. The SMILES string of the molecule is COC(=O)O[C@H]1C[C@H]2CCC[C@H]2N1C(=O)OCc1ccccc1. The molecule has 23 heavy (non-hydrogen) atoms. The topological polar surface area (TPSA) is 65.1 Å². The van der Waals surface area contributed by atoms with Crippen LogP contribution in [0.1, 0.15) is 31.2 Å². The number of hydrogen-bond donors (Lipinski definition) is 0. The second-order valence-corrected chi connectivity index (χ2v) is 5.97. The molecule has 6 heteroatoms. The van der Waals surface area contributed by atoms with Crippen LogP contribution in [0.4, 0.5) is 9.59 Å². The summed E-state index contributed by atoms with van der Waals surface area (Å²) in [6.07, 6.45) is 1.91. The first-order valence-corrected chi connectivity index (χ1v) is 7.92. The summed E-state index contributed by atoms with van der Waals surface area (Å²) < 4.78 is 15.2. The first-order valence-electron chi connectivity index (χ1n) is 7.92. The maximum atomic E-state index is 12.5. The van der Waals surface area contributed by atoms with Gasteiger partial charge in [0.15, 0.2) is 6.23 Å². The molecule has 124 valence electrons. The van der Waals surface area contributed by atoms with E-state index in [4.69, 9.17) is 9.47 Å². The zero-order valence-corrected chi connectivity index (χ0v) is 13.1. The van der Waals surface area contributed by atoms with Crippen LogP contribution >= 0.6 is 0 Å². The van der Waals surface area contributed by atoms with Crippen LogP contribution in [0.3, 0.4) is 0 Å². The highest BCUT2D eigenvalue weighted by Gasteiger charge is 2.48. The molecule has 2 aliphatic rings. The number of methoxy groups -OCH3 is 1. The summed E-state index contributed by atoms with van der Waals surface area (Å²) in [7, 11) is 1.26. The molecule has 1 heterocycles. The smallest absolute Gasteiger partial charge is 0.444 e. The molecule has 3 atom stereocenters. The van der Waals surface area contributed by atoms with Crippen LogP contribution in [0.5, 0.6) is 0 Å². The van der Waals surface area contributed by atoms with Crippen molar-refractivity contribution >= 4 is 12.2 Å². The van der Waals surface area contributed by atoms with Gasteiger partial charge in [0.1, 0.15) is 6.61 Å². The zero-order valence-electron chi connectivity index (χ0n) is 13.1. The van der Waals surface area contributed by atoms with Crippen molar-refractivity contribution in [1.29, 1.82) is 0 Å². The summed E-state index contributed by atoms with van der Waals surface area (Å²) in [5.41, 5.74) is 0.924. The van der Waals surface area contributed by atoms with Crippen molar-refractivity contribution in [3.05, 3.63) is 35.9 Å². The van der Waals surface area contributed by atoms with Crippen molar-refractivity contribution in [3.63, 3.8) is 0 Å². The maximum Gasteiger partial charge on any atom is 0.509 e. The summed E-state index contributed by atoms with van der Waals surface area (Å²) >= 11 is 0. The standard InChI is InChI=1S/C17H21NO5/c1-21-17(20)23-15-10-13-8-5-9-14(13)18(15)16(19)22-11-12-6-3-2-4-7-12/h2-4,6-7,13-15H,5,8-11H2,1H3/t13-,14-,15+/m1/s1. The zero-order chi connectivity index (χ0) is 16.2. The first kappa shape index (κ1) is 15.6. The van der Waals surface area contributed by atoms with Crippen LogP contribution in [-0.2, 0) is 20.8 Å². The molecule has 1 amide bonds. The van der Waals surface area contributed by atoms with Gasteiger partial charge in [-0.3, -0.25) is 4.90 Å². The van der Waals surface area contributed by atoms with E-state index in [1.165, 1.54) is 7.11 Å². The molecule has 1 aromatic carbocycles. The van der Waals surface area contributed by atoms with Gasteiger partial charge in [0, 0.05) is 12.5 Å². The minimum atomic E-state index is -0.768. The molecule has 1 saturated heterocycles. The molecule has 1 saturated carbocycles. The van der Waals surface area contributed by atoms with Crippen LogP contribution in [0, 0.1) is 5.92 Å². The second kappa shape index (κ2) is 6.89. The lowest BCUT2D eigenvalue weighted by Gasteiger charge is -2.28. The second-order valence-electron chi connectivity index (χ2n) is 5.97. The molecule has 0 unspecified atom stereocenters. The van der Waals surface area contributed by atoms with Gasteiger partial charge < -0.3 is 14.2 Å². The molecule has 6 nitrogen and oxygen atoms in total. The van der Waals surface area contributed by atoms with Gasteiger partial charge in [-0.15, -0.1) is 0 Å². The fourth-order valence-electron chi connectivity index (χ4n) is 3.56. The van der Waals surface area contributed by atoms with Crippen molar-refractivity contribution in [1.82, 2.24) is 4.90 Å². The number of carbonyl (C=O) groups is 2. The van der Waals surface area contributed by atoms with Crippen LogP contribution in [0.2, 0.25) is 0 Å². The predicted molar refractivity (Wildman–Crippen MR) is 81.5 cm³/mol. The van der Waals surface area contributed by atoms with Crippen molar-refractivity contribution in [2.24, 2.45) is 5.92 Å². The lowest BCUT2D eigenvalue weighted by Crippen LogP contribution is -2.43. The molecular formula is C17H21NO5. The Hall–Kier alpha value is -2.24. The Labute approximate surface area is 135 Å². The summed E-state index contributed by atoms with van der Waals surface area (Å²) in [5, 5.41) is 0. The molecule has 0 radical (unpaired) electrons. The number of hydrogen-bond acceptors (Lipinski definition) is 5. The van der Waals surface area contributed by atoms with Gasteiger partial charge in [0.25, 0.3) is 0 Å². The van der Waals surface area contributed by atoms with Gasteiger partial charge >= 0.3 is 12.2 Å². The number of ether oxygens (including phenoxy) is 3. The Kier molecular flexibility index (Phi) is 4.69. The highest BCUT2D eigenvalue weighted by molar-refractivity contribution is 5.69. The first-order chi connectivity index (χ1) is 11.2. The van der Waals surface area contributed by atoms with Crippen LogP contribution in [0.25, 0.3) is 0 Å². The highest BCUT2D eigenvalue weighted by atomic mass is 16.7. The largest absolute Gasteiger partial charge is 0.509 e. The van der Waals surface area contributed by atoms with Gasteiger partial charge in [-0.25, -0.2) is 9.59 Å². The molecule has 1 aromatic rings. The minimum Gasteiger partial charge on any atom is -0.444 e. The van der Waals surface area contributed by atoms with E-state index < -0.39 is 18.5 Å². The summed E-state index contributed by atoms with van der Waals surface area (Å²) in [4.78, 5) is 25.5. The van der Waals surface area contributed by atoms with Crippen LogP contribution in [-0.4, -0.2) is 36.5 Å². The van der Waals surface area contributed by atoms with E-state index in [2.05, 4.69) is 4.74 Å². The number of likely N-dealkylation sites (tertiary alicyclic amines) is 1. The van der Waals surface area contributed by atoms with Gasteiger partial charge in [-0.1, -0.05) is 36.8 Å². The van der Waals surface area contributed by atoms with E-state index in [-0.39, 0.29) is 12.6 Å². The van der Waals surface area contributed by atoms with E-state index >= 15 is 0 Å². The molecule has 2 fully saturated rings. The average molecular weight is 319 g/mol. The molecule has 0 spiro atoms. The fraction of sp³-hybridized carbons (Fsp3) is 0.529. The Morgan fingerprint density at radius 2 is 2.00 bits per heavy atom. The number of rotatable bonds is 3. The summed E-state index contributed by atoms with van der Waals surface area (Å²) in [5.74, 6) is 0.369. The minimum absolute atomic E-state index is 0.0907. The Bertz CT molecular complexity index is 561. The van der Waals surface area contributed by atoms with E-state index in [1.54, 1.807) is 4.90 Å². The van der Waals surface area contributed by atoms with Crippen molar-refractivity contribution < 1.29 is 23.8 Å². The highest BCUT2D eigenvalue weighted by Crippen LogP contribution is 2.42. The van der Waals surface area contributed by atoms with Gasteiger partial charge in [-0.2, -0.15) is 0 Å². The number of amides is 1. The predicted octanol–water partition coefficient (Wildman–Crippen LogP) is 3.31. The van der Waals surface area contributed by atoms with Crippen molar-refractivity contribution in [2.45, 2.75) is 44.6 Å². The third-order valence-corrected chi connectivity index (χ3v) is 4.61. The van der Waals surface area contributed by atoms with E-state index in [1.807, 2.05) is 30.3 Å². The lowest BCUT2D eigenvalue weighted by atomic mass is 10.0. The number of benzene rings is 1. The molecule has 0 bridgehead atoms. The third-order valence-electron chi connectivity index (χ3n) is 4.61. The summed E-state index contributed by atoms with van der Waals surface area (Å²) in [6, 6.07) is 9.60. The Balaban J connectivity index is 1.66. The van der Waals surface area contributed by atoms with E-state index in [0.29, 0.717) is 12.3 Å².